The molecule has 0 aliphatic carbocycles. The van der Waals surface area contributed by atoms with E-state index >= 15 is 0 Å². The molecule has 1 fully saturated rings. The molecule has 5 heteroatoms. The summed E-state index contributed by atoms with van der Waals surface area (Å²) in [7, 11) is 0. The van der Waals surface area contributed by atoms with Crippen LogP contribution in [-0.4, -0.2) is 38.4 Å². The predicted molar refractivity (Wildman–Crippen MR) is 44.8 cm³/mol. The van der Waals surface area contributed by atoms with Crippen LogP contribution in [0.3, 0.4) is 0 Å². The highest BCUT2D eigenvalue weighted by atomic mass is 16.5. The molecule has 12 heavy (non-hydrogen) atoms. The number of hydrogen-bond acceptors (Lipinski definition) is 4. The minimum absolute atomic E-state index is 0.353. The van der Waals surface area contributed by atoms with Crippen LogP contribution in [0.25, 0.3) is 0 Å². The van der Waals surface area contributed by atoms with Gasteiger partial charge in [-0.1, -0.05) is 0 Å². The van der Waals surface area contributed by atoms with E-state index in [0.29, 0.717) is 19.2 Å². The van der Waals surface area contributed by atoms with Crippen molar-refractivity contribution < 1.29 is 9.53 Å². The van der Waals surface area contributed by atoms with Gasteiger partial charge in [0.1, 0.15) is 6.61 Å². The molecule has 1 aliphatic heterocycles. The van der Waals surface area contributed by atoms with Crippen LogP contribution in [0.15, 0.2) is 0 Å². The molecule has 1 rings (SSSR count). The Morgan fingerprint density at radius 3 is 3.17 bits per heavy atom. The zero-order chi connectivity index (χ0) is 8.81. The van der Waals surface area contributed by atoms with Crippen molar-refractivity contribution in [2.45, 2.75) is 12.5 Å². The monoisotopic (exact) mass is 173 g/mol. The Morgan fingerprint density at radius 1 is 1.75 bits per heavy atom. The van der Waals surface area contributed by atoms with E-state index in [1.807, 2.05) is 0 Å². The highest BCUT2D eigenvalue weighted by Crippen LogP contribution is 1.95. The molecule has 70 valence electrons. The number of nitrogens with two attached hydrogens (primary N) is 1. The highest BCUT2D eigenvalue weighted by Gasteiger charge is 2.12. The molecule has 5 nitrogen and oxygen atoms in total. The van der Waals surface area contributed by atoms with Gasteiger partial charge in [0.2, 0.25) is 0 Å². The summed E-state index contributed by atoms with van der Waals surface area (Å²) in [6.45, 7) is 3.09. The maximum absolute atomic E-state index is 10.2. The van der Waals surface area contributed by atoms with Gasteiger partial charge in [0.25, 0.3) is 0 Å². The molecule has 4 N–H and O–H groups in total. The van der Waals surface area contributed by atoms with Crippen LogP contribution in [0, 0.1) is 0 Å². The van der Waals surface area contributed by atoms with Gasteiger partial charge in [0, 0.05) is 19.1 Å². The number of carbonyl (C=O) groups is 1. The van der Waals surface area contributed by atoms with Crippen molar-refractivity contribution in [1.29, 1.82) is 0 Å². The summed E-state index contributed by atoms with van der Waals surface area (Å²) in [6.07, 6.45) is 0.428. The van der Waals surface area contributed by atoms with Crippen LogP contribution in [-0.2, 0) is 4.74 Å². The fraction of sp³-hybridized carbons (Fsp3) is 0.857. The van der Waals surface area contributed by atoms with E-state index in [-0.39, 0.29) is 0 Å². The van der Waals surface area contributed by atoms with Crippen LogP contribution in [0.5, 0.6) is 0 Å². The van der Waals surface area contributed by atoms with E-state index in [9.17, 15) is 4.79 Å². The second kappa shape index (κ2) is 4.95. The van der Waals surface area contributed by atoms with Crippen molar-refractivity contribution in [3.8, 4) is 0 Å². The van der Waals surface area contributed by atoms with Gasteiger partial charge in [-0.15, -0.1) is 0 Å². The Kier molecular flexibility index (Phi) is 3.83. The maximum atomic E-state index is 10.2. The predicted octanol–water partition coefficient (Wildman–Crippen LogP) is -0.967. The molecule has 0 aromatic heterocycles. The largest absolute Gasteiger partial charge is 0.448 e. The van der Waals surface area contributed by atoms with Crippen molar-refractivity contribution in [1.82, 2.24) is 10.6 Å². The average Bonchev–Trinajstić information content (AvgIpc) is 2.49. The molecular formula is C7H15N3O2. The second-order valence-corrected chi connectivity index (χ2v) is 2.81. The first kappa shape index (κ1) is 9.28. The lowest BCUT2D eigenvalue weighted by Gasteiger charge is -2.09. The molecule has 1 aliphatic rings. The zero-order valence-corrected chi connectivity index (χ0v) is 7.01. The van der Waals surface area contributed by atoms with Crippen molar-refractivity contribution >= 4 is 6.09 Å². The van der Waals surface area contributed by atoms with Crippen LogP contribution < -0.4 is 16.4 Å². The number of primary amides is 1. The lowest BCUT2D eigenvalue weighted by Crippen LogP contribution is -2.34. The Hall–Kier alpha value is -0.810. The Bertz CT molecular complexity index is 146. The lowest BCUT2D eigenvalue weighted by atomic mass is 10.3. The van der Waals surface area contributed by atoms with E-state index < -0.39 is 6.09 Å². The fourth-order valence-corrected chi connectivity index (χ4v) is 1.24. The summed E-state index contributed by atoms with van der Waals surface area (Å²) in [6, 6.07) is 0.515. The zero-order valence-electron chi connectivity index (χ0n) is 7.01. The fourth-order valence-electron chi connectivity index (χ4n) is 1.24. The standard InChI is InChI=1S/C7H15N3O2/c8-7(11)12-4-3-10-6-1-2-9-5-6/h6,9-10H,1-5H2,(H2,8,11). The first-order valence-corrected chi connectivity index (χ1v) is 4.15. The quantitative estimate of drug-likeness (QED) is 0.478. The van der Waals surface area contributed by atoms with Crippen LogP contribution in [0.1, 0.15) is 6.42 Å². The number of nitrogens with one attached hydrogen (secondary N) is 2. The van der Waals surface area contributed by atoms with Crippen molar-refractivity contribution in [2.75, 3.05) is 26.2 Å². The molecule has 0 spiro atoms. The maximum Gasteiger partial charge on any atom is 0.404 e. The van der Waals surface area contributed by atoms with E-state index in [1.165, 1.54) is 0 Å². The third-order valence-electron chi connectivity index (χ3n) is 1.84. The number of hydrogen-bond donors (Lipinski definition) is 3. The third-order valence-corrected chi connectivity index (χ3v) is 1.84. The molecule has 0 saturated carbocycles. The van der Waals surface area contributed by atoms with Gasteiger partial charge in [-0.2, -0.15) is 0 Å². The van der Waals surface area contributed by atoms with Gasteiger partial charge in [-0.25, -0.2) is 4.79 Å². The molecule has 0 aromatic rings. The minimum atomic E-state index is -0.707. The molecule has 1 unspecified atom stereocenters. The summed E-state index contributed by atoms with van der Waals surface area (Å²) >= 11 is 0. The minimum Gasteiger partial charge on any atom is -0.448 e. The Morgan fingerprint density at radius 2 is 2.58 bits per heavy atom. The molecular weight excluding hydrogens is 158 g/mol. The Labute approximate surface area is 71.6 Å². The third kappa shape index (κ3) is 3.54. The molecule has 0 aromatic carbocycles. The van der Waals surface area contributed by atoms with E-state index in [4.69, 9.17) is 5.73 Å². The molecule has 0 radical (unpaired) electrons. The molecule has 1 heterocycles. The topological polar surface area (TPSA) is 76.4 Å². The number of carbonyl (C=O) groups excluding carboxylic acids is 1. The molecule has 1 saturated heterocycles. The van der Waals surface area contributed by atoms with E-state index in [1.54, 1.807) is 0 Å². The van der Waals surface area contributed by atoms with Crippen molar-refractivity contribution in [3.63, 3.8) is 0 Å². The summed E-state index contributed by atoms with van der Waals surface area (Å²) < 4.78 is 4.56. The smallest absolute Gasteiger partial charge is 0.404 e. The summed E-state index contributed by atoms with van der Waals surface area (Å²) in [5.41, 5.74) is 4.79. The average molecular weight is 173 g/mol. The van der Waals surface area contributed by atoms with Gasteiger partial charge in [-0.3, -0.25) is 0 Å². The van der Waals surface area contributed by atoms with Crippen LogP contribution in [0.2, 0.25) is 0 Å². The van der Waals surface area contributed by atoms with Gasteiger partial charge in [0.05, 0.1) is 0 Å². The number of amides is 1. The van der Waals surface area contributed by atoms with Gasteiger partial charge in [0.15, 0.2) is 0 Å². The first-order valence-electron chi connectivity index (χ1n) is 4.15. The molecule has 0 bridgehead atoms. The summed E-state index contributed by atoms with van der Waals surface area (Å²) in [5.74, 6) is 0. The number of ether oxygens (including phenoxy) is 1. The summed E-state index contributed by atoms with van der Waals surface area (Å²) in [4.78, 5) is 10.2. The van der Waals surface area contributed by atoms with Gasteiger partial charge in [-0.05, 0) is 13.0 Å². The molecule has 1 atom stereocenters. The van der Waals surface area contributed by atoms with Crippen LogP contribution >= 0.6 is 0 Å². The Balaban J connectivity index is 1.91. The van der Waals surface area contributed by atoms with Gasteiger partial charge < -0.3 is 21.1 Å². The van der Waals surface area contributed by atoms with Gasteiger partial charge >= 0.3 is 6.09 Å². The normalized spacial score (nSPS) is 22.5. The van der Waals surface area contributed by atoms with Crippen molar-refractivity contribution in [2.24, 2.45) is 5.73 Å². The van der Waals surface area contributed by atoms with Crippen molar-refractivity contribution in [3.05, 3.63) is 0 Å². The SMILES string of the molecule is NC(=O)OCCNC1CCNC1. The first-order chi connectivity index (χ1) is 5.79. The highest BCUT2D eigenvalue weighted by molar-refractivity contribution is 5.64. The number of rotatable bonds is 4. The van der Waals surface area contributed by atoms with Crippen LogP contribution in [0.4, 0.5) is 4.79 Å². The molecule has 1 amide bonds. The second-order valence-electron chi connectivity index (χ2n) is 2.81. The van der Waals surface area contributed by atoms with E-state index in [0.717, 1.165) is 19.5 Å². The lowest BCUT2D eigenvalue weighted by molar-refractivity contribution is 0.156. The van der Waals surface area contributed by atoms with E-state index in [2.05, 4.69) is 15.4 Å². The summed E-state index contributed by atoms with van der Waals surface area (Å²) in [5, 5.41) is 6.47.